The molecule has 0 bridgehead atoms. The minimum Gasteiger partial charge on any atom is -0.383 e. The van der Waals surface area contributed by atoms with Gasteiger partial charge in [-0.1, -0.05) is 19.1 Å². The highest BCUT2D eigenvalue weighted by atomic mass is 19.4. The standard InChI is InChI=1S/C13H12F3N3/c1-2-10-11(18-7-19-12(10)17)8-3-5-9(6-4-8)13(14,15)16/h3-7H,2H2,1H3,(H2,17,18,19). The number of nitrogens with two attached hydrogens (primary N) is 1. The number of rotatable bonds is 2. The SMILES string of the molecule is CCc1c(N)ncnc1-c1ccc(C(F)(F)F)cc1. The number of halogens is 3. The van der Waals surface area contributed by atoms with Gasteiger partial charge in [0.2, 0.25) is 0 Å². The van der Waals surface area contributed by atoms with Crippen LogP contribution in [0, 0.1) is 0 Å². The van der Waals surface area contributed by atoms with E-state index in [-0.39, 0.29) is 0 Å². The van der Waals surface area contributed by atoms with Crippen molar-refractivity contribution >= 4 is 5.82 Å². The fourth-order valence-corrected chi connectivity index (χ4v) is 1.84. The molecule has 1 heterocycles. The molecule has 0 spiro atoms. The summed E-state index contributed by atoms with van der Waals surface area (Å²) in [5.41, 5.74) is 6.96. The topological polar surface area (TPSA) is 51.8 Å². The van der Waals surface area contributed by atoms with Crippen LogP contribution in [-0.4, -0.2) is 9.97 Å². The lowest BCUT2D eigenvalue weighted by Crippen LogP contribution is -2.05. The Morgan fingerprint density at radius 2 is 1.74 bits per heavy atom. The summed E-state index contributed by atoms with van der Waals surface area (Å²) in [4.78, 5) is 7.98. The van der Waals surface area contributed by atoms with Gasteiger partial charge in [0, 0.05) is 11.1 Å². The molecule has 0 saturated carbocycles. The molecule has 100 valence electrons. The summed E-state index contributed by atoms with van der Waals surface area (Å²) >= 11 is 0. The molecule has 0 saturated heterocycles. The molecule has 0 atom stereocenters. The summed E-state index contributed by atoms with van der Waals surface area (Å²) in [5.74, 6) is 0.354. The van der Waals surface area contributed by atoms with Crippen molar-refractivity contribution in [2.75, 3.05) is 5.73 Å². The summed E-state index contributed by atoms with van der Waals surface area (Å²) < 4.78 is 37.5. The number of benzene rings is 1. The van der Waals surface area contributed by atoms with Gasteiger partial charge in [-0.2, -0.15) is 13.2 Å². The zero-order valence-corrected chi connectivity index (χ0v) is 10.2. The van der Waals surface area contributed by atoms with Crippen LogP contribution >= 0.6 is 0 Å². The van der Waals surface area contributed by atoms with Crippen LogP contribution in [0.1, 0.15) is 18.1 Å². The van der Waals surface area contributed by atoms with E-state index in [4.69, 9.17) is 5.73 Å². The second-order valence-electron chi connectivity index (χ2n) is 4.01. The van der Waals surface area contributed by atoms with Crippen molar-refractivity contribution in [1.82, 2.24) is 9.97 Å². The molecule has 0 unspecified atom stereocenters. The Morgan fingerprint density at radius 3 is 2.26 bits per heavy atom. The summed E-state index contributed by atoms with van der Waals surface area (Å²) in [6.45, 7) is 1.89. The van der Waals surface area contributed by atoms with E-state index in [0.29, 0.717) is 23.5 Å². The van der Waals surface area contributed by atoms with E-state index in [2.05, 4.69) is 9.97 Å². The average Bonchev–Trinajstić information content (AvgIpc) is 2.37. The maximum Gasteiger partial charge on any atom is 0.416 e. The van der Waals surface area contributed by atoms with Crippen molar-refractivity contribution in [1.29, 1.82) is 0 Å². The molecular weight excluding hydrogens is 255 g/mol. The van der Waals surface area contributed by atoms with Crippen molar-refractivity contribution in [2.24, 2.45) is 0 Å². The molecule has 1 aromatic heterocycles. The molecule has 0 fully saturated rings. The van der Waals surface area contributed by atoms with Crippen molar-refractivity contribution in [3.05, 3.63) is 41.7 Å². The van der Waals surface area contributed by atoms with Crippen molar-refractivity contribution < 1.29 is 13.2 Å². The van der Waals surface area contributed by atoms with Gasteiger partial charge in [0.1, 0.15) is 12.1 Å². The first-order chi connectivity index (χ1) is 8.93. The van der Waals surface area contributed by atoms with Crippen LogP contribution in [0.3, 0.4) is 0 Å². The lowest BCUT2D eigenvalue weighted by Gasteiger charge is -2.10. The molecule has 0 aliphatic carbocycles. The fraction of sp³-hybridized carbons (Fsp3) is 0.231. The third kappa shape index (κ3) is 2.67. The first kappa shape index (κ1) is 13.3. The molecule has 6 heteroatoms. The second-order valence-corrected chi connectivity index (χ2v) is 4.01. The van der Waals surface area contributed by atoms with Crippen molar-refractivity contribution in [3.63, 3.8) is 0 Å². The number of nitrogens with zero attached hydrogens (tertiary/aromatic N) is 2. The number of anilines is 1. The van der Waals surface area contributed by atoms with Gasteiger partial charge in [-0.25, -0.2) is 9.97 Å². The maximum absolute atomic E-state index is 12.5. The lowest BCUT2D eigenvalue weighted by atomic mass is 10.0. The minimum absolute atomic E-state index is 0.354. The second kappa shape index (κ2) is 4.87. The first-order valence-corrected chi connectivity index (χ1v) is 5.70. The highest BCUT2D eigenvalue weighted by Gasteiger charge is 2.30. The van der Waals surface area contributed by atoms with Gasteiger partial charge in [0.25, 0.3) is 0 Å². The summed E-state index contributed by atoms with van der Waals surface area (Å²) in [6, 6.07) is 4.85. The number of hydrogen-bond acceptors (Lipinski definition) is 3. The Labute approximate surface area is 108 Å². The molecule has 3 nitrogen and oxygen atoms in total. The quantitative estimate of drug-likeness (QED) is 0.908. The van der Waals surface area contributed by atoms with Crippen LogP contribution in [-0.2, 0) is 12.6 Å². The number of alkyl halides is 3. The van der Waals surface area contributed by atoms with Crippen molar-refractivity contribution in [2.45, 2.75) is 19.5 Å². The van der Waals surface area contributed by atoms with Crippen LogP contribution in [0.15, 0.2) is 30.6 Å². The van der Waals surface area contributed by atoms with E-state index in [1.807, 2.05) is 6.92 Å². The summed E-state index contributed by atoms with van der Waals surface area (Å²) in [5, 5.41) is 0. The van der Waals surface area contributed by atoms with E-state index < -0.39 is 11.7 Å². The maximum atomic E-state index is 12.5. The molecule has 2 rings (SSSR count). The Hall–Kier alpha value is -2.11. The van der Waals surface area contributed by atoms with Gasteiger partial charge < -0.3 is 5.73 Å². The number of hydrogen-bond donors (Lipinski definition) is 1. The Kier molecular flexibility index (Phi) is 3.42. The van der Waals surface area contributed by atoms with E-state index in [1.54, 1.807) is 0 Å². The van der Waals surface area contributed by atoms with E-state index in [0.717, 1.165) is 17.7 Å². The van der Waals surface area contributed by atoms with Gasteiger partial charge >= 0.3 is 6.18 Å². The predicted octanol–water partition coefficient (Wildman–Crippen LogP) is 3.31. The molecule has 19 heavy (non-hydrogen) atoms. The molecule has 2 aromatic rings. The number of nitrogen functional groups attached to an aromatic ring is 1. The highest BCUT2D eigenvalue weighted by molar-refractivity contribution is 5.67. The molecule has 0 aliphatic rings. The van der Waals surface area contributed by atoms with Crippen LogP contribution in [0.4, 0.5) is 19.0 Å². The van der Waals surface area contributed by atoms with Gasteiger partial charge in [0.05, 0.1) is 11.3 Å². The molecular formula is C13H12F3N3. The van der Waals surface area contributed by atoms with E-state index in [9.17, 15) is 13.2 Å². The van der Waals surface area contributed by atoms with Crippen LogP contribution in [0.2, 0.25) is 0 Å². The van der Waals surface area contributed by atoms with Crippen LogP contribution in [0.25, 0.3) is 11.3 Å². The monoisotopic (exact) mass is 267 g/mol. The smallest absolute Gasteiger partial charge is 0.383 e. The zero-order valence-electron chi connectivity index (χ0n) is 10.2. The molecule has 1 aromatic carbocycles. The highest BCUT2D eigenvalue weighted by Crippen LogP contribution is 2.31. The largest absolute Gasteiger partial charge is 0.416 e. The molecule has 0 amide bonds. The normalized spacial score (nSPS) is 11.6. The van der Waals surface area contributed by atoms with E-state index >= 15 is 0 Å². The third-order valence-electron chi connectivity index (χ3n) is 2.82. The van der Waals surface area contributed by atoms with E-state index in [1.165, 1.54) is 18.5 Å². The minimum atomic E-state index is -4.34. The zero-order chi connectivity index (χ0) is 14.0. The molecule has 0 aliphatic heterocycles. The van der Waals surface area contributed by atoms with Gasteiger partial charge in [-0.3, -0.25) is 0 Å². The van der Waals surface area contributed by atoms with Gasteiger partial charge in [-0.05, 0) is 18.6 Å². The molecule has 2 N–H and O–H groups in total. The predicted molar refractivity (Wildman–Crippen MR) is 66.3 cm³/mol. The van der Waals surface area contributed by atoms with Crippen LogP contribution < -0.4 is 5.73 Å². The Morgan fingerprint density at radius 1 is 1.11 bits per heavy atom. The van der Waals surface area contributed by atoms with Crippen molar-refractivity contribution in [3.8, 4) is 11.3 Å². The van der Waals surface area contributed by atoms with Crippen LogP contribution in [0.5, 0.6) is 0 Å². The summed E-state index contributed by atoms with van der Waals surface area (Å²) in [7, 11) is 0. The van der Waals surface area contributed by atoms with Gasteiger partial charge in [-0.15, -0.1) is 0 Å². The number of aromatic nitrogens is 2. The first-order valence-electron chi connectivity index (χ1n) is 5.70. The lowest BCUT2D eigenvalue weighted by molar-refractivity contribution is -0.137. The Bertz CT molecular complexity index is 577. The average molecular weight is 267 g/mol. The fourth-order valence-electron chi connectivity index (χ4n) is 1.84. The Balaban J connectivity index is 2.46. The molecule has 0 radical (unpaired) electrons. The summed E-state index contributed by atoms with van der Waals surface area (Å²) in [6.07, 6.45) is -2.42. The third-order valence-corrected chi connectivity index (χ3v) is 2.82. The van der Waals surface area contributed by atoms with Gasteiger partial charge in [0.15, 0.2) is 0 Å².